The Kier molecular flexibility index (Phi) is 11.7. The lowest BCUT2D eigenvalue weighted by Gasteiger charge is -2.27. The fourth-order valence-corrected chi connectivity index (χ4v) is 2.44. The molecule has 13 nitrogen and oxygen atoms in total. The van der Waals surface area contributed by atoms with Crippen LogP contribution in [0.3, 0.4) is 0 Å². The second-order valence-electron chi connectivity index (χ2n) is 7.56. The number of aliphatic carboxylic acids is 2. The van der Waals surface area contributed by atoms with Gasteiger partial charge in [-0.05, 0) is 26.2 Å². The number of hydrogen-bond donors (Lipinski definition) is 8. The Morgan fingerprint density at radius 1 is 0.774 bits per heavy atom. The Morgan fingerprint density at radius 2 is 1.29 bits per heavy atom. The SMILES string of the molecule is CC(C)C(NC(=O)C(NC(=O)C(CCC(=O)O)NC(=O)C(N)C(C)O)C(C)O)C(=O)O. The highest BCUT2D eigenvalue weighted by molar-refractivity contribution is 5.94. The molecule has 0 aromatic carbocycles. The van der Waals surface area contributed by atoms with Crippen LogP contribution in [0.15, 0.2) is 0 Å². The van der Waals surface area contributed by atoms with Gasteiger partial charge in [0.1, 0.15) is 24.2 Å². The van der Waals surface area contributed by atoms with Crippen LogP contribution in [-0.4, -0.2) is 86.5 Å². The van der Waals surface area contributed by atoms with Crippen molar-refractivity contribution >= 4 is 29.7 Å². The molecular weight excluding hydrogens is 416 g/mol. The van der Waals surface area contributed by atoms with E-state index in [9.17, 15) is 39.3 Å². The Hall–Kier alpha value is -2.77. The van der Waals surface area contributed by atoms with Gasteiger partial charge in [-0.1, -0.05) is 13.8 Å². The van der Waals surface area contributed by atoms with Crippen LogP contribution >= 0.6 is 0 Å². The number of rotatable bonds is 13. The summed E-state index contributed by atoms with van der Waals surface area (Å²) in [5, 5.41) is 44.0. The van der Waals surface area contributed by atoms with Gasteiger partial charge in [-0.2, -0.15) is 0 Å². The summed E-state index contributed by atoms with van der Waals surface area (Å²) in [6, 6.07) is -5.69. The number of carboxylic acids is 2. The fraction of sp³-hybridized carbons (Fsp3) is 0.722. The Labute approximate surface area is 179 Å². The lowest BCUT2D eigenvalue weighted by molar-refractivity contribution is -0.144. The van der Waals surface area contributed by atoms with Gasteiger partial charge in [0.15, 0.2) is 0 Å². The van der Waals surface area contributed by atoms with Crippen molar-refractivity contribution in [3.63, 3.8) is 0 Å². The molecule has 0 aromatic heterocycles. The quantitative estimate of drug-likeness (QED) is 0.144. The average Bonchev–Trinajstić information content (AvgIpc) is 2.64. The number of carbonyl (C=O) groups excluding carboxylic acids is 3. The van der Waals surface area contributed by atoms with E-state index in [1.54, 1.807) is 13.8 Å². The van der Waals surface area contributed by atoms with Gasteiger partial charge in [0, 0.05) is 6.42 Å². The molecule has 0 saturated carbocycles. The number of amides is 3. The van der Waals surface area contributed by atoms with E-state index in [4.69, 9.17) is 10.8 Å². The van der Waals surface area contributed by atoms with E-state index in [2.05, 4.69) is 16.0 Å². The molecule has 3 amide bonds. The molecule has 178 valence electrons. The summed E-state index contributed by atoms with van der Waals surface area (Å²) in [6.07, 6.45) is -3.57. The Bertz CT molecular complexity index is 666. The maximum atomic E-state index is 12.6. The topological polar surface area (TPSA) is 228 Å². The molecule has 31 heavy (non-hydrogen) atoms. The van der Waals surface area contributed by atoms with Crippen LogP contribution in [0.4, 0.5) is 0 Å². The van der Waals surface area contributed by atoms with E-state index in [1.807, 2.05) is 0 Å². The van der Waals surface area contributed by atoms with Crippen molar-refractivity contribution in [3.05, 3.63) is 0 Å². The van der Waals surface area contributed by atoms with Crippen LogP contribution in [0.25, 0.3) is 0 Å². The molecule has 0 radical (unpaired) electrons. The first-order valence-corrected chi connectivity index (χ1v) is 9.66. The van der Waals surface area contributed by atoms with Gasteiger partial charge >= 0.3 is 11.9 Å². The third kappa shape index (κ3) is 9.72. The van der Waals surface area contributed by atoms with E-state index >= 15 is 0 Å². The van der Waals surface area contributed by atoms with Crippen molar-refractivity contribution in [2.75, 3.05) is 0 Å². The minimum Gasteiger partial charge on any atom is -0.481 e. The van der Waals surface area contributed by atoms with Crippen LogP contribution in [0.1, 0.15) is 40.5 Å². The smallest absolute Gasteiger partial charge is 0.326 e. The van der Waals surface area contributed by atoms with Gasteiger partial charge in [-0.15, -0.1) is 0 Å². The third-order valence-corrected chi connectivity index (χ3v) is 4.40. The monoisotopic (exact) mass is 448 g/mol. The molecule has 0 fully saturated rings. The van der Waals surface area contributed by atoms with Crippen LogP contribution < -0.4 is 21.7 Å². The number of nitrogens with one attached hydrogen (secondary N) is 3. The standard InChI is InChI=1S/C18H32N4O9/c1-7(2)13(18(30)31)21-17(29)14(9(4)24)22-15(27)10(5-6-11(25)26)20-16(28)12(19)8(3)23/h7-10,12-14,23-24H,5-6,19H2,1-4H3,(H,20,28)(H,21,29)(H,22,27)(H,25,26)(H,30,31). The second-order valence-corrected chi connectivity index (χ2v) is 7.56. The molecule has 0 aliphatic rings. The Morgan fingerprint density at radius 3 is 1.68 bits per heavy atom. The van der Waals surface area contributed by atoms with Crippen LogP contribution in [0.2, 0.25) is 0 Å². The van der Waals surface area contributed by atoms with Gasteiger partial charge < -0.3 is 42.1 Å². The summed E-state index contributed by atoms with van der Waals surface area (Å²) >= 11 is 0. The summed E-state index contributed by atoms with van der Waals surface area (Å²) in [5.41, 5.74) is 5.50. The maximum Gasteiger partial charge on any atom is 0.326 e. The number of carboxylic acid groups (broad SMARTS) is 2. The van der Waals surface area contributed by atoms with Crippen LogP contribution in [-0.2, 0) is 24.0 Å². The molecule has 0 heterocycles. The molecule has 0 aliphatic carbocycles. The van der Waals surface area contributed by atoms with Gasteiger partial charge in [0.25, 0.3) is 0 Å². The molecular formula is C18H32N4O9. The van der Waals surface area contributed by atoms with Crippen molar-refractivity contribution < 1.29 is 44.4 Å². The number of hydrogen-bond acceptors (Lipinski definition) is 8. The van der Waals surface area contributed by atoms with Crippen molar-refractivity contribution in [3.8, 4) is 0 Å². The minimum absolute atomic E-state index is 0.364. The third-order valence-electron chi connectivity index (χ3n) is 4.40. The number of carbonyl (C=O) groups is 5. The molecule has 0 spiro atoms. The number of aliphatic hydroxyl groups is 2. The summed E-state index contributed by atoms with van der Waals surface area (Å²) in [6.45, 7) is 5.54. The highest BCUT2D eigenvalue weighted by Crippen LogP contribution is 2.06. The summed E-state index contributed by atoms with van der Waals surface area (Å²) < 4.78 is 0. The van der Waals surface area contributed by atoms with Crippen molar-refractivity contribution in [1.82, 2.24) is 16.0 Å². The minimum atomic E-state index is -1.58. The zero-order valence-electron chi connectivity index (χ0n) is 17.9. The highest BCUT2D eigenvalue weighted by atomic mass is 16.4. The number of nitrogens with two attached hydrogens (primary N) is 1. The van der Waals surface area contributed by atoms with E-state index in [0.717, 1.165) is 0 Å². The molecule has 0 bridgehead atoms. The first kappa shape index (κ1) is 28.2. The summed E-state index contributed by atoms with van der Waals surface area (Å²) in [4.78, 5) is 59.3. The van der Waals surface area contributed by atoms with E-state index < -0.39 is 78.4 Å². The average molecular weight is 448 g/mol. The molecule has 9 N–H and O–H groups in total. The lowest BCUT2D eigenvalue weighted by atomic mass is 10.0. The predicted molar refractivity (Wildman–Crippen MR) is 106 cm³/mol. The molecule has 0 saturated heterocycles. The van der Waals surface area contributed by atoms with Crippen molar-refractivity contribution in [1.29, 1.82) is 0 Å². The first-order chi connectivity index (χ1) is 14.2. The van der Waals surface area contributed by atoms with Gasteiger partial charge in [0.2, 0.25) is 17.7 Å². The largest absolute Gasteiger partial charge is 0.481 e. The molecule has 6 unspecified atom stereocenters. The van der Waals surface area contributed by atoms with Crippen LogP contribution in [0.5, 0.6) is 0 Å². The number of aliphatic hydroxyl groups excluding tert-OH is 2. The van der Waals surface area contributed by atoms with Gasteiger partial charge in [0.05, 0.1) is 12.2 Å². The van der Waals surface area contributed by atoms with E-state index in [1.165, 1.54) is 13.8 Å². The van der Waals surface area contributed by atoms with Crippen molar-refractivity contribution in [2.24, 2.45) is 11.7 Å². The molecule has 6 atom stereocenters. The van der Waals surface area contributed by atoms with E-state index in [-0.39, 0.29) is 6.42 Å². The second kappa shape index (κ2) is 12.8. The van der Waals surface area contributed by atoms with Gasteiger partial charge in [-0.25, -0.2) is 4.79 Å². The summed E-state index contributed by atoms with van der Waals surface area (Å²) in [5.74, 6) is -5.95. The molecule has 0 rings (SSSR count). The van der Waals surface area contributed by atoms with Crippen molar-refractivity contribution in [2.45, 2.75) is 76.9 Å². The normalized spacial score (nSPS) is 16.9. The highest BCUT2D eigenvalue weighted by Gasteiger charge is 2.34. The molecule has 13 heteroatoms. The first-order valence-electron chi connectivity index (χ1n) is 9.66. The Balaban J connectivity index is 5.49. The lowest BCUT2D eigenvalue weighted by Crippen LogP contribution is -2.60. The van der Waals surface area contributed by atoms with Gasteiger partial charge in [-0.3, -0.25) is 19.2 Å². The predicted octanol–water partition coefficient (Wildman–Crippen LogP) is -2.86. The molecule has 0 aromatic rings. The summed E-state index contributed by atoms with van der Waals surface area (Å²) in [7, 11) is 0. The zero-order chi connectivity index (χ0) is 24.5. The molecule has 0 aliphatic heterocycles. The fourth-order valence-electron chi connectivity index (χ4n) is 2.44. The zero-order valence-corrected chi connectivity index (χ0v) is 17.9. The van der Waals surface area contributed by atoms with E-state index in [0.29, 0.717) is 0 Å². The maximum absolute atomic E-state index is 12.6. The van der Waals surface area contributed by atoms with Crippen LogP contribution in [0, 0.1) is 5.92 Å².